The molecule has 112 valence electrons. The van der Waals surface area contributed by atoms with Gasteiger partial charge in [-0.3, -0.25) is 0 Å². The fourth-order valence-corrected chi connectivity index (χ4v) is 2.98. The number of ether oxygens (including phenoxy) is 1. The van der Waals surface area contributed by atoms with Crippen molar-refractivity contribution in [3.8, 4) is 5.75 Å². The van der Waals surface area contributed by atoms with Gasteiger partial charge in [-0.05, 0) is 41.3 Å². The SMILES string of the molecule is COc1ccc(SCC(N)c2ccc(C(C)C)cc2)cc1. The fourth-order valence-electron chi connectivity index (χ4n) is 2.08. The summed E-state index contributed by atoms with van der Waals surface area (Å²) < 4.78 is 5.16. The van der Waals surface area contributed by atoms with Crippen LogP contribution < -0.4 is 10.5 Å². The highest BCUT2D eigenvalue weighted by Gasteiger charge is 2.08. The molecule has 0 bridgehead atoms. The van der Waals surface area contributed by atoms with E-state index >= 15 is 0 Å². The molecule has 2 nitrogen and oxygen atoms in total. The predicted molar refractivity (Wildman–Crippen MR) is 91.2 cm³/mol. The van der Waals surface area contributed by atoms with Crippen LogP contribution >= 0.6 is 11.8 Å². The fraction of sp³-hybridized carbons (Fsp3) is 0.333. The Morgan fingerprint density at radius 1 is 0.952 bits per heavy atom. The number of hydrogen-bond acceptors (Lipinski definition) is 3. The van der Waals surface area contributed by atoms with Crippen molar-refractivity contribution in [2.45, 2.75) is 30.7 Å². The van der Waals surface area contributed by atoms with Crippen molar-refractivity contribution in [1.29, 1.82) is 0 Å². The van der Waals surface area contributed by atoms with Crippen molar-refractivity contribution in [2.24, 2.45) is 5.73 Å². The van der Waals surface area contributed by atoms with Crippen LogP contribution in [0.25, 0.3) is 0 Å². The maximum atomic E-state index is 6.28. The third-order valence-electron chi connectivity index (χ3n) is 3.52. The lowest BCUT2D eigenvalue weighted by atomic mass is 10.00. The van der Waals surface area contributed by atoms with Crippen molar-refractivity contribution in [1.82, 2.24) is 0 Å². The standard InChI is InChI=1S/C18H23NOS/c1-13(2)14-4-6-15(7-5-14)18(19)12-21-17-10-8-16(20-3)9-11-17/h4-11,13,18H,12,19H2,1-3H3. The van der Waals surface area contributed by atoms with Crippen LogP contribution in [0.2, 0.25) is 0 Å². The highest BCUT2D eigenvalue weighted by Crippen LogP contribution is 2.26. The predicted octanol–water partition coefficient (Wildman–Crippen LogP) is 4.61. The summed E-state index contributed by atoms with van der Waals surface area (Å²) in [6.07, 6.45) is 0. The zero-order chi connectivity index (χ0) is 15.2. The molecule has 2 N–H and O–H groups in total. The van der Waals surface area contributed by atoms with E-state index in [0.29, 0.717) is 5.92 Å². The van der Waals surface area contributed by atoms with E-state index in [9.17, 15) is 0 Å². The van der Waals surface area contributed by atoms with Gasteiger partial charge < -0.3 is 10.5 Å². The van der Waals surface area contributed by atoms with E-state index < -0.39 is 0 Å². The molecule has 21 heavy (non-hydrogen) atoms. The molecular weight excluding hydrogens is 278 g/mol. The van der Waals surface area contributed by atoms with Crippen LogP contribution in [0.3, 0.4) is 0 Å². The Morgan fingerprint density at radius 2 is 1.52 bits per heavy atom. The molecule has 0 aliphatic heterocycles. The molecule has 0 radical (unpaired) electrons. The highest BCUT2D eigenvalue weighted by molar-refractivity contribution is 7.99. The quantitative estimate of drug-likeness (QED) is 0.791. The Balaban J connectivity index is 1.92. The summed E-state index contributed by atoms with van der Waals surface area (Å²) in [5, 5.41) is 0. The van der Waals surface area contributed by atoms with Gasteiger partial charge in [0.2, 0.25) is 0 Å². The first-order valence-corrected chi connectivity index (χ1v) is 8.21. The molecule has 0 spiro atoms. The highest BCUT2D eigenvalue weighted by atomic mass is 32.2. The molecule has 0 aromatic heterocycles. The smallest absolute Gasteiger partial charge is 0.118 e. The Morgan fingerprint density at radius 3 is 2.05 bits per heavy atom. The van der Waals surface area contributed by atoms with E-state index in [1.807, 2.05) is 12.1 Å². The van der Waals surface area contributed by atoms with Crippen molar-refractivity contribution in [3.63, 3.8) is 0 Å². The van der Waals surface area contributed by atoms with Crippen LogP contribution in [-0.4, -0.2) is 12.9 Å². The zero-order valence-electron chi connectivity index (χ0n) is 12.9. The number of benzene rings is 2. The monoisotopic (exact) mass is 301 g/mol. The molecule has 2 aromatic carbocycles. The summed E-state index contributed by atoms with van der Waals surface area (Å²) >= 11 is 1.77. The summed E-state index contributed by atoms with van der Waals surface area (Å²) in [6, 6.07) is 16.8. The van der Waals surface area contributed by atoms with Gasteiger partial charge in [0.15, 0.2) is 0 Å². The Kier molecular flexibility index (Phi) is 5.71. The molecule has 1 unspecified atom stereocenters. The van der Waals surface area contributed by atoms with Crippen molar-refractivity contribution >= 4 is 11.8 Å². The van der Waals surface area contributed by atoms with Crippen LogP contribution in [0, 0.1) is 0 Å². The van der Waals surface area contributed by atoms with Gasteiger partial charge in [-0.1, -0.05) is 38.1 Å². The Hall–Kier alpha value is -1.45. The minimum absolute atomic E-state index is 0.0540. The third kappa shape index (κ3) is 4.51. The number of hydrogen-bond donors (Lipinski definition) is 1. The van der Waals surface area contributed by atoms with E-state index in [0.717, 1.165) is 11.5 Å². The van der Waals surface area contributed by atoms with Crippen LogP contribution in [0.15, 0.2) is 53.4 Å². The molecule has 2 aromatic rings. The van der Waals surface area contributed by atoms with Gasteiger partial charge in [-0.15, -0.1) is 11.8 Å². The topological polar surface area (TPSA) is 35.2 Å². The van der Waals surface area contributed by atoms with Gasteiger partial charge in [0, 0.05) is 16.7 Å². The molecule has 1 atom stereocenters. The van der Waals surface area contributed by atoms with Gasteiger partial charge in [-0.25, -0.2) is 0 Å². The normalized spacial score (nSPS) is 12.4. The summed E-state index contributed by atoms with van der Waals surface area (Å²) in [5.41, 5.74) is 8.83. The molecule has 0 aliphatic carbocycles. The van der Waals surface area contributed by atoms with Gasteiger partial charge in [0.1, 0.15) is 5.75 Å². The molecule has 0 saturated carbocycles. The van der Waals surface area contributed by atoms with Crippen LogP contribution in [0.5, 0.6) is 5.75 Å². The van der Waals surface area contributed by atoms with E-state index in [2.05, 4.69) is 50.2 Å². The first kappa shape index (κ1) is 15.9. The second kappa shape index (κ2) is 7.53. The van der Waals surface area contributed by atoms with E-state index in [1.54, 1.807) is 18.9 Å². The lowest BCUT2D eigenvalue weighted by Gasteiger charge is -2.13. The maximum absolute atomic E-state index is 6.28. The second-order valence-corrected chi connectivity index (χ2v) is 6.51. The molecule has 0 heterocycles. The van der Waals surface area contributed by atoms with Gasteiger partial charge in [0.25, 0.3) is 0 Å². The summed E-state index contributed by atoms with van der Waals surface area (Å²) in [6.45, 7) is 4.41. The molecule has 2 rings (SSSR count). The van der Waals surface area contributed by atoms with Gasteiger partial charge >= 0.3 is 0 Å². The Labute approximate surface area is 131 Å². The summed E-state index contributed by atoms with van der Waals surface area (Å²) in [5.74, 6) is 2.31. The lowest BCUT2D eigenvalue weighted by Crippen LogP contribution is -2.12. The molecule has 0 amide bonds. The lowest BCUT2D eigenvalue weighted by molar-refractivity contribution is 0.414. The molecule has 3 heteroatoms. The first-order valence-electron chi connectivity index (χ1n) is 7.22. The van der Waals surface area contributed by atoms with Crippen molar-refractivity contribution in [2.75, 3.05) is 12.9 Å². The minimum Gasteiger partial charge on any atom is -0.497 e. The van der Waals surface area contributed by atoms with Crippen molar-refractivity contribution < 1.29 is 4.74 Å². The molecular formula is C18H23NOS. The zero-order valence-corrected chi connectivity index (χ0v) is 13.7. The van der Waals surface area contributed by atoms with E-state index in [1.165, 1.54) is 16.0 Å². The molecule has 0 aliphatic rings. The maximum Gasteiger partial charge on any atom is 0.118 e. The number of methoxy groups -OCH3 is 1. The third-order valence-corrected chi connectivity index (χ3v) is 4.65. The first-order chi connectivity index (χ1) is 10.1. The molecule has 0 saturated heterocycles. The van der Waals surface area contributed by atoms with Crippen molar-refractivity contribution in [3.05, 3.63) is 59.7 Å². The summed E-state index contributed by atoms with van der Waals surface area (Å²) in [7, 11) is 1.68. The van der Waals surface area contributed by atoms with Gasteiger partial charge in [-0.2, -0.15) is 0 Å². The Bertz CT molecular complexity index is 548. The average Bonchev–Trinajstić information content (AvgIpc) is 2.53. The van der Waals surface area contributed by atoms with Gasteiger partial charge in [0.05, 0.1) is 7.11 Å². The van der Waals surface area contributed by atoms with E-state index in [4.69, 9.17) is 10.5 Å². The number of rotatable bonds is 6. The van der Waals surface area contributed by atoms with E-state index in [-0.39, 0.29) is 6.04 Å². The average molecular weight is 301 g/mol. The largest absolute Gasteiger partial charge is 0.497 e. The second-order valence-electron chi connectivity index (χ2n) is 5.41. The molecule has 0 fully saturated rings. The van der Waals surface area contributed by atoms with Crippen LogP contribution in [0.4, 0.5) is 0 Å². The summed E-state index contributed by atoms with van der Waals surface area (Å²) in [4.78, 5) is 1.21. The number of thioether (sulfide) groups is 1. The minimum atomic E-state index is 0.0540. The van der Waals surface area contributed by atoms with Crippen LogP contribution in [0.1, 0.15) is 36.9 Å². The number of nitrogens with two attached hydrogens (primary N) is 1. The van der Waals surface area contributed by atoms with Crippen LogP contribution in [-0.2, 0) is 0 Å².